The SMILES string of the molecule is Cc1nc(C2CC2)nc2sc(C(=O)NC3CCN(CC(=O)Nc4ccccc4)CC3)c(C)c12. The normalized spacial score (nSPS) is 17.3. The quantitative estimate of drug-likeness (QED) is 0.577. The summed E-state index contributed by atoms with van der Waals surface area (Å²) in [5.41, 5.74) is 2.76. The van der Waals surface area contributed by atoms with E-state index in [9.17, 15) is 9.59 Å². The summed E-state index contributed by atoms with van der Waals surface area (Å²) in [4.78, 5) is 38.7. The van der Waals surface area contributed by atoms with Crippen LogP contribution >= 0.6 is 11.3 Å². The summed E-state index contributed by atoms with van der Waals surface area (Å²) in [7, 11) is 0. The van der Waals surface area contributed by atoms with Crippen molar-refractivity contribution in [3.05, 3.63) is 52.3 Å². The van der Waals surface area contributed by atoms with Crippen molar-refractivity contribution < 1.29 is 9.59 Å². The van der Waals surface area contributed by atoms with Crippen molar-refractivity contribution in [3.63, 3.8) is 0 Å². The second kappa shape index (κ2) is 9.19. The van der Waals surface area contributed by atoms with Crippen molar-refractivity contribution in [1.82, 2.24) is 20.2 Å². The zero-order valence-corrected chi connectivity index (χ0v) is 19.9. The molecule has 0 spiro atoms. The largest absolute Gasteiger partial charge is 0.349 e. The van der Waals surface area contributed by atoms with Crippen LogP contribution in [0.2, 0.25) is 0 Å². The van der Waals surface area contributed by atoms with Crippen molar-refractivity contribution in [1.29, 1.82) is 0 Å². The van der Waals surface area contributed by atoms with Gasteiger partial charge < -0.3 is 10.6 Å². The molecule has 8 heteroatoms. The molecule has 2 amide bonds. The molecule has 1 saturated carbocycles. The molecule has 7 nitrogen and oxygen atoms in total. The molecule has 2 fully saturated rings. The molecule has 2 aliphatic rings. The van der Waals surface area contributed by atoms with E-state index in [0.29, 0.717) is 12.5 Å². The number of aromatic nitrogens is 2. The molecule has 172 valence electrons. The molecular formula is C25H29N5O2S. The van der Waals surface area contributed by atoms with Gasteiger partial charge in [-0.1, -0.05) is 18.2 Å². The van der Waals surface area contributed by atoms with Gasteiger partial charge in [-0.3, -0.25) is 14.5 Å². The van der Waals surface area contributed by atoms with Gasteiger partial charge in [0.2, 0.25) is 5.91 Å². The summed E-state index contributed by atoms with van der Waals surface area (Å²) < 4.78 is 0. The molecule has 0 unspecified atom stereocenters. The summed E-state index contributed by atoms with van der Waals surface area (Å²) >= 11 is 1.48. The minimum atomic E-state index is -0.0249. The third-order valence-electron chi connectivity index (χ3n) is 6.48. The van der Waals surface area contributed by atoms with Crippen molar-refractivity contribution in [2.24, 2.45) is 0 Å². The predicted octanol–water partition coefficient (Wildman–Crippen LogP) is 4.02. The third kappa shape index (κ3) is 4.91. The van der Waals surface area contributed by atoms with Crippen LogP contribution in [0.3, 0.4) is 0 Å². The van der Waals surface area contributed by atoms with Gasteiger partial charge in [-0.2, -0.15) is 0 Å². The molecule has 1 aliphatic carbocycles. The van der Waals surface area contributed by atoms with E-state index in [2.05, 4.69) is 15.5 Å². The lowest BCUT2D eigenvalue weighted by atomic mass is 10.0. The first-order valence-electron chi connectivity index (χ1n) is 11.6. The van der Waals surface area contributed by atoms with Crippen LogP contribution in [0.1, 0.15) is 58.4 Å². The standard InChI is InChI=1S/C25H29N5O2S/c1-15-21-16(2)26-23(17-8-9-17)29-25(21)33-22(15)24(32)28-19-10-12-30(13-11-19)14-20(31)27-18-6-4-3-5-7-18/h3-7,17,19H,8-14H2,1-2H3,(H,27,31)(H,28,32). The Labute approximate surface area is 197 Å². The van der Waals surface area contributed by atoms with E-state index in [-0.39, 0.29) is 17.9 Å². The average molecular weight is 464 g/mol. The van der Waals surface area contributed by atoms with Crippen molar-refractivity contribution in [2.75, 3.05) is 25.0 Å². The molecule has 1 aromatic carbocycles. The lowest BCUT2D eigenvalue weighted by molar-refractivity contribution is -0.117. The van der Waals surface area contributed by atoms with Gasteiger partial charge in [0.05, 0.1) is 17.1 Å². The minimum absolute atomic E-state index is 0.00775. The number of benzene rings is 1. The molecule has 1 saturated heterocycles. The van der Waals surface area contributed by atoms with Crippen LogP contribution in [0.5, 0.6) is 0 Å². The zero-order chi connectivity index (χ0) is 22.9. The van der Waals surface area contributed by atoms with E-state index in [0.717, 1.165) is 76.6 Å². The molecule has 3 heterocycles. The Balaban J connectivity index is 1.17. The number of hydrogen-bond acceptors (Lipinski definition) is 6. The maximum absolute atomic E-state index is 13.1. The van der Waals surface area contributed by atoms with Crippen LogP contribution in [-0.4, -0.2) is 52.4 Å². The number of fused-ring (bicyclic) bond motifs is 1. The number of likely N-dealkylation sites (tertiary alicyclic amines) is 1. The van der Waals surface area contributed by atoms with E-state index < -0.39 is 0 Å². The summed E-state index contributed by atoms with van der Waals surface area (Å²) in [6.45, 7) is 5.95. The maximum Gasteiger partial charge on any atom is 0.261 e. The van der Waals surface area contributed by atoms with Crippen LogP contribution in [0.4, 0.5) is 5.69 Å². The fourth-order valence-corrected chi connectivity index (χ4v) is 5.65. The molecule has 5 rings (SSSR count). The first-order chi connectivity index (χ1) is 16.0. The molecule has 33 heavy (non-hydrogen) atoms. The number of amides is 2. The predicted molar refractivity (Wildman–Crippen MR) is 131 cm³/mol. The molecule has 0 bridgehead atoms. The fraction of sp³-hybridized carbons (Fsp3) is 0.440. The van der Waals surface area contributed by atoms with Gasteiger partial charge in [0.15, 0.2) is 0 Å². The number of aryl methyl sites for hydroxylation is 2. The Morgan fingerprint density at radius 3 is 2.48 bits per heavy atom. The van der Waals surface area contributed by atoms with Gasteiger partial charge in [-0.25, -0.2) is 9.97 Å². The maximum atomic E-state index is 13.1. The van der Waals surface area contributed by atoms with Crippen molar-refractivity contribution in [3.8, 4) is 0 Å². The van der Waals surface area contributed by atoms with Crippen molar-refractivity contribution in [2.45, 2.75) is 51.5 Å². The first-order valence-corrected chi connectivity index (χ1v) is 12.5. The highest BCUT2D eigenvalue weighted by molar-refractivity contribution is 7.20. The van der Waals surface area contributed by atoms with E-state index in [1.54, 1.807) is 0 Å². The van der Waals surface area contributed by atoms with Gasteiger partial charge in [-0.15, -0.1) is 11.3 Å². The van der Waals surface area contributed by atoms with Crippen molar-refractivity contribution >= 4 is 39.1 Å². The smallest absolute Gasteiger partial charge is 0.261 e. The fourth-order valence-electron chi connectivity index (χ4n) is 4.51. The molecule has 3 aromatic rings. The molecular weight excluding hydrogens is 434 g/mol. The van der Waals surface area contributed by atoms with E-state index in [4.69, 9.17) is 9.97 Å². The molecule has 2 aromatic heterocycles. The van der Waals surface area contributed by atoms with E-state index >= 15 is 0 Å². The zero-order valence-electron chi connectivity index (χ0n) is 19.1. The lowest BCUT2D eigenvalue weighted by Gasteiger charge is -2.31. The van der Waals surface area contributed by atoms with Gasteiger partial charge in [0.1, 0.15) is 10.7 Å². The monoisotopic (exact) mass is 463 g/mol. The van der Waals surface area contributed by atoms with E-state index in [1.165, 1.54) is 11.3 Å². The van der Waals surface area contributed by atoms with Crippen LogP contribution in [0.15, 0.2) is 30.3 Å². The number of piperidine rings is 1. The second-order valence-corrected chi connectivity index (χ2v) is 10.1. The minimum Gasteiger partial charge on any atom is -0.349 e. The Morgan fingerprint density at radius 1 is 1.06 bits per heavy atom. The van der Waals surface area contributed by atoms with Gasteiger partial charge in [0.25, 0.3) is 5.91 Å². The number of carbonyl (C=O) groups is 2. The number of anilines is 1. The van der Waals surface area contributed by atoms with Crippen LogP contribution in [0, 0.1) is 13.8 Å². The highest BCUT2D eigenvalue weighted by atomic mass is 32.1. The Hall–Kier alpha value is -2.84. The number of hydrogen-bond donors (Lipinski definition) is 2. The van der Waals surface area contributed by atoms with E-state index in [1.807, 2.05) is 44.2 Å². The molecule has 0 atom stereocenters. The summed E-state index contributed by atoms with van der Waals surface area (Å²) in [6.07, 6.45) is 3.99. The summed E-state index contributed by atoms with van der Waals surface area (Å²) in [6, 6.07) is 9.62. The Kier molecular flexibility index (Phi) is 6.12. The third-order valence-corrected chi connectivity index (χ3v) is 7.67. The Bertz CT molecular complexity index is 1180. The Morgan fingerprint density at radius 2 is 1.79 bits per heavy atom. The molecule has 0 radical (unpaired) electrons. The number of rotatable bonds is 6. The van der Waals surface area contributed by atoms with Gasteiger partial charge >= 0.3 is 0 Å². The number of nitrogens with zero attached hydrogens (tertiary/aromatic N) is 3. The summed E-state index contributed by atoms with van der Waals surface area (Å²) in [5, 5.41) is 7.17. The topological polar surface area (TPSA) is 87.2 Å². The molecule has 2 N–H and O–H groups in total. The van der Waals surface area contributed by atoms with Crippen LogP contribution < -0.4 is 10.6 Å². The highest BCUT2D eigenvalue weighted by Crippen LogP contribution is 2.40. The number of para-hydroxylation sites is 1. The summed E-state index contributed by atoms with van der Waals surface area (Å²) in [5.74, 6) is 1.39. The number of nitrogens with one attached hydrogen (secondary N) is 2. The molecule has 1 aliphatic heterocycles. The van der Waals surface area contributed by atoms with Crippen LogP contribution in [0.25, 0.3) is 10.2 Å². The van der Waals surface area contributed by atoms with Crippen LogP contribution in [-0.2, 0) is 4.79 Å². The average Bonchev–Trinajstić information content (AvgIpc) is 3.59. The van der Waals surface area contributed by atoms with Gasteiger partial charge in [0, 0.05) is 36.1 Å². The van der Waals surface area contributed by atoms with Gasteiger partial charge in [-0.05, 0) is 57.2 Å². The first kappa shape index (κ1) is 22.0. The highest BCUT2D eigenvalue weighted by Gasteiger charge is 2.29. The second-order valence-electron chi connectivity index (χ2n) is 9.12. The lowest BCUT2D eigenvalue weighted by Crippen LogP contribution is -2.46. The number of thiophene rings is 1. The number of carbonyl (C=O) groups excluding carboxylic acids is 2.